The quantitative estimate of drug-likeness (QED) is 0.0868. The van der Waals surface area contributed by atoms with Gasteiger partial charge < -0.3 is 19.3 Å². The van der Waals surface area contributed by atoms with Gasteiger partial charge in [0, 0.05) is 55.8 Å². The van der Waals surface area contributed by atoms with E-state index in [0.717, 1.165) is 53.5 Å². The van der Waals surface area contributed by atoms with E-state index in [1.807, 2.05) is 104 Å². The molecule has 2 aliphatic rings. The minimum Gasteiger partial charge on any atom is -0.448 e. The lowest BCUT2D eigenvalue weighted by molar-refractivity contribution is -0.159. The zero-order chi connectivity index (χ0) is 42.6. The summed E-state index contributed by atoms with van der Waals surface area (Å²) in [4.78, 5) is 61.7. The molecule has 0 radical (unpaired) electrons. The second-order valence-electron chi connectivity index (χ2n) is 16.2. The van der Waals surface area contributed by atoms with Crippen molar-refractivity contribution in [3.8, 4) is 11.1 Å². The number of aryl methyl sites for hydroxylation is 1. The molecule has 3 atom stereocenters. The van der Waals surface area contributed by atoms with Gasteiger partial charge in [0.25, 0.3) is 0 Å². The van der Waals surface area contributed by atoms with Gasteiger partial charge in [-0.25, -0.2) is 4.79 Å². The Bertz CT molecular complexity index is 2300. The molecule has 0 aliphatic heterocycles. The summed E-state index contributed by atoms with van der Waals surface area (Å²) in [6.07, 6.45) is 2.19. The number of hydrogen-bond donors (Lipinski definition) is 0. The normalized spacial score (nSPS) is 15.5. The number of esters is 1. The number of likely N-dealkylation sites (N-methyl/N-ethyl adjacent to an activating group) is 3. The fourth-order valence-corrected chi connectivity index (χ4v) is 9.31. The minimum atomic E-state index is -1.50. The van der Waals surface area contributed by atoms with Crippen LogP contribution in [0.3, 0.4) is 0 Å². The van der Waals surface area contributed by atoms with Crippen LogP contribution >= 0.6 is 11.6 Å². The molecule has 5 aromatic rings. The maximum absolute atomic E-state index is 14.9. The molecule has 1 fully saturated rings. The van der Waals surface area contributed by atoms with E-state index in [0.29, 0.717) is 21.7 Å². The summed E-state index contributed by atoms with van der Waals surface area (Å²) in [5.41, 5.74) is 5.77. The van der Waals surface area contributed by atoms with Crippen molar-refractivity contribution in [2.45, 2.75) is 62.6 Å². The molecule has 9 nitrogen and oxygen atoms in total. The van der Waals surface area contributed by atoms with Crippen LogP contribution in [-0.4, -0.2) is 85.5 Å². The lowest BCUT2D eigenvalue weighted by Gasteiger charge is -2.38. The predicted molar refractivity (Wildman–Crippen MR) is 233 cm³/mol. The van der Waals surface area contributed by atoms with E-state index < -0.39 is 48.0 Å². The number of benzene rings is 5. The topological polar surface area (TPSA) is 96.5 Å². The molecular formula is C50H52ClN3O6. The SMILES string of the molecule is Cc1ccc(C(OC(=O)C[C@@H](C(=O)N(C)C)N(C)C(=O)[C@H](C2CCCC2)N(C)C(=O)OCC2c3ccccc3-c3ccccc32)(c2ccccc2)c2ccccc2Cl)cc1. The van der Waals surface area contributed by atoms with Crippen molar-refractivity contribution < 1.29 is 28.7 Å². The van der Waals surface area contributed by atoms with Crippen molar-refractivity contribution >= 4 is 35.5 Å². The molecule has 0 spiro atoms. The summed E-state index contributed by atoms with van der Waals surface area (Å²) in [5, 5.41) is 0.388. The molecule has 5 aromatic carbocycles. The Morgan fingerprint density at radius 1 is 0.683 bits per heavy atom. The average molecular weight is 826 g/mol. The van der Waals surface area contributed by atoms with Crippen molar-refractivity contribution in [1.29, 1.82) is 0 Å². The van der Waals surface area contributed by atoms with Crippen molar-refractivity contribution in [1.82, 2.24) is 14.7 Å². The first-order chi connectivity index (χ1) is 28.9. The second-order valence-corrected chi connectivity index (χ2v) is 16.6. The van der Waals surface area contributed by atoms with Gasteiger partial charge in [0.1, 0.15) is 18.7 Å². The third kappa shape index (κ3) is 8.28. The molecule has 0 heterocycles. The summed E-state index contributed by atoms with van der Waals surface area (Å²) in [6.45, 7) is 2.07. The molecule has 3 amide bonds. The van der Waals surface area contributed by atoms with Gasteiger partial charge in [-0.2, -0.15) is 0 Å². The number of nitrogens with zero attached hydrogens (tertiary/aromatic N) is 3. The first-order valence-electron chi connectivity index (χ1n) is 20.6. The summed E-state index contributed by atoms with van der Waals surface area (Å²) in [6, 6.07) is 38.3. The highest BCUT2D eigenvalue weighted by atomic mass is 35.5. The Morgan fingerprint density at radius 2 is 1.23 bits per heavy atom. The summed E-state index contributed by atoms with van der Waals surface area (Å²) in [5.74, 6) is -1.96. The Balaban J connectivity index is 1.17. The molecular weight excluding hydrogens is 774 g/mol. The predicted octanol–water partition coefficient (Wildman–Crippen LogP) is 9.23. The summed E-state index contributed by atoms with van der Waals surface area (Å²) in [7, 11) is 6.28. The van der Waals surface area contributed by atoms with E-state index in [9.17, 15) is 19.2 Å². The van der Waals surface area contributed by atoms with Gasteiger partial charge >= 0.3 is 12.1 Å². The molecule has 1 unspecified atom stereocenters. The van der Waals surface area contributed by atoms with Gasteiger partial charge in [0.2, 0.25) is 11.8 Å². The third-order valence-electron chi connectivity index (χ3n) is 12.2. The molecule has 10 heteroatoms. The standard InChI is InChI=1S/C50H52ClN3O6/c1-33-27-29-36(30-28-33)50(35-19-7-6-8-20-35,42-25-15-16-26-43(42)51)60-45(55)31-44(47(56)52(2)3)53(4)48(57)46(34-17-9-10-18-34)54(5)49(58)59-32-41-39-23-13-11-21-37(39)38-22-12-14-24-40(38)41/h6-8,11-16,19-30,34,41,44,46H,9-10,17-18,31-32H2,1-5H3/t44-,46-,50?/m0/s1. The minimum absolute atomic E-state index is 0.0990. The van der Waals surface area contributed by atoms with Gasteiger partial charge in [-0.05, 0) is 54.0 Å². The Morgan fingerprint density at radius 3 is 1.83 bits per heavy atom. The molecule has 310 valence electrons. The van der Waals surface area contributed by atoms with Gasteiger partial charge in [-0.3, -0.25) is 19.3 Å². The average Bonchev–Trinajstić information content (AvgIpc) is 3.91. The molecule has 2 aliphatic carbocycles. The lowest BCUT2D eigenvalue weighted by atomic mass is 9.79. The molecule has 60 heavy (non-hydrogen) atoms. The molecule has 0 N–H and O–H groups in total. The number of amides is 3. The number of ether oxygens (including phenoxy) is 2. The Kier molecular flexibility index (Phi) is 12.8. The monoisotopic (exact) mass is 825 g/mol. The zero-order valence-electron chi connectivity index (χ0n) is 34.8. The maximum atomic E-state index is 14.9. The first kappa shape index (κ1) is 42.2. The molecule has 7 rings (SSSR count). The van der Waals surface area contributed by atoms with Crippen LogP contribution in [0.5, 0.6) is 0 Å². The van der Waals surface area contributed by atoms with Gasteiger partial charge in [0.05, 0.1) is 6.42 Å². The highest BCUT2D eigenvalue weighted by Gasteiger charge is 2.45. The molecule has 0 bridgehead atoms. The van der Waals surface area contributed by atoms with Crippen LogP contribution in [0.2, 0.25) is 5.02 Å². The zero-order valence-corrected chi connectivity index (χ0v) is 35.6. The van der Waals surface area contributed by atoms with Crippen LogP contribution in [0.25, 0.3) is 11.1 Å². The van der Waals surface area contributed by atoms with Gasteiger partial charge in [-0.15, -0.1) is 0 Å². The highest BCUT2D eigenvalue weighted by molar-refractivity contribution is 6.31. The van der Waals surface area contributed by atoms with E-state index in [1.165, 1.54) is 21.7 Å². The van der Waals surface area contributed by atoms with Gasteiger partial charge in [-0.1, -0.05) is 151 Å². The van der Waals surface area contributed by atoms with Crippen molar-refractivity contribution in [2.24, 2.45) is 5.92 Å². The number of hydrogen-bond acceptors (Lipinski definition) is 6. The van der Waals surface area contributed by atoms with Crippen LogP contribution in [0, 0.1) is 12.8 Å². The number of halogens is 1. The van der Waals surface area contributed by atoms with Gasteiger partial charge in [0.15, 0.2) is 5.60 Å². The van der Waals surface area contributed by atoms with E-state index in [-0.39, 0.29) is 18.4 Å². The fourth-order valence-electron chi connectivity index (χ4n) is 9.04. The van der Waals surface area contributed by atoms with Crippen LogP contribution < -0.4 is 0 Å². The Labute approximate surface area is 357 Å². The van der Waals surface area contributed by atoms with Crippen LogP contribution in [0.4, 0.5) is 4.79 Å². The largest absolute Gasteiger partial charge is 0.448 e. The smallest absolute Gasteiger partial charge is 0.410 e. The van der Waals surface area contributed by atoms with Crippen molar-refractivity contribution in [2.75, 3.05) is 34.8 Å². The summed E-state index contributed by atoms with van der Waals surface area (Å²) < 4.78 is 12.7. The van der Waals surface area contributed by atoms with E-state index in [1.54, 1.807) is 27.2 Å². The molecule has 1 saturated carbocycles. The third-order valence-corrected chi connectivity index (χ3v) is 12.5. The van der Waals surface area contributed by atoms with E-state index >= 15 is 0 Å². The second kappa shape index (κ2) is 18.1. The van der Waals surface area contributed by atoms with Crippen LogP contribution in [-0.2, 0) is 29.5 Å². The molecule has 0 saturated heterocycles. The van der Waals surface area contributed by atoms with Crippen LogP contribution in [0.15, 0.2) is 127 Å². The maximum Gasteiger partial charge on any atom is 0.410 e. The fraction of sp³-hybridized carbons (Fsp3) is 0.320. The van der Waals surface area contributed by atoms with E-state index in [2.05, 4.69) is 24.3 Å². The number of carbonyl (C=O) groups excluding carboxylic acids is 4. The Hall–Kier alpha value is -5.93. The first-order valence-corrected chi connectivity index (χ1v) is 20.9. The number of carbonyl (C=O) groups is 4. The van der Waals surface area contributed by atoms with E-state index in [4.69, 9.17) is 21.1 Å². The van der Waals surface area contributed by atoms with Crippen LogP contribution in [0.1, 0.15) is 71.4 Å². The highest BCUT2D eigenvalue weighted by Crippen LogP contribution is 2.46. The lowest BCUT2D eigenvalue weighted by Crippen LogP contribution is -2.57. The number of rotatable bonds is 13. The van der Waals surface area contributed by atoms with Crippen molar-refractivity contribution in [3.05, 3.63) is 166 Å². The number of fused-ring (bicyclic) bond motifs is 3. The summed E-state index contributed by atoms with van der Waals surface area (Å²) >= 11 is 6.92. The molecule has 0 aromatic heterocycles. The van der Waals surface area contributed by atoms with Crippen molar-refractivity contribution in [3.63, 3.8) is 0 Å².